The van der Waals surface area contributed by atoms with Crippen LogP contribution in [-0.4, -0.2) is 29.4 Å². The third kappa shape index (κ3) is 4.14. The monoisotopic (exact) mass is 392 g/mol. The summed E-state index contributed by atoms with van der Waals surface area (Å²) in [6.45, 7) is 4.89. The minimum absolute atomic E-state index is 0.333. The summed E-state index contributed by atoms with van der Waals surface area (Å²) >= 11 is 0. The van der Waals surface area contributed by atoms with Crippen molar-refractivity contribution < 1.29 is 14.1 Å². The van der Waals surface area contributed by atoms with Gasteiger partial charge in [-0.25, -0.2) is 9.78 Å². The summed E-state index contributed by atoms with van der Waals surface area (Å²) < 4.78 is 11.0. The SMILES string of the molecule is Cc1cc(C2(NC(=O)Nc3ccc(-c4ccccc4)c(C)n3)CCOCC2)on1. The molecular formula is C22H24N4O3. The van der Waals surface area contributed by atoms with Crippen LogP contribution in [0.25, 0.3) is 11.1 Å². The summed E-state index contributed by atoms with van der Waals surface area (Å²) in [5.74, 6) is 1.15. The van der Waals surface area contributed by atoms with Crippen LogP contribution in [-0.2, 0) is 10.3 Å². The number of carbonyl (C=O) groups is 1. The molecule has 4 rings (SSSR count). The fourth-order valence-corrected chi connectivity index (χ4v) is 3.66. The highest BCUT2D eigenvalue weighted by Gasteiger charge is 2.39. The first kappa shape index (κ1) is 19.1. The maximum Gasteiger partial charge on any atom is 0.321 e. The van der Waals surface area contributed by atoms with E-state index in [2.05, 4.69) is 20.8 Å². The Morgan fingerprint density at radius 3 is 2.48 bits per heavy atom. The lowest BCUT2D eigenvalue weighted by Gasteiger charge is -2.35. The molecule has 0 unspecified atom stereocenters. The molecule has 0 aliphatic carbocycles. The van der Waals surface area contributed by atoms with Crippen molar-refractivity contribution in [2.45, 2.75) is 32.2 Å². The first-order valence-corrected chi connectivity index (χ1v) is 9.69. The van der Waals surface area contributed by atoms with Gasteiger partial charge >= 0.3 is 6.03 Å². The molecule has 0 atom stereocenters. The van der Waals surface area contributed by atoms with Crippen LogP contribution >= 0.6 is 0 Å². The van der Waals surface area contributed by atoms with E-state index in [1.165, 1.54) is 0 Å². The van der Waals surface area contributed by atoms with Crippen molar-refractivity contribution in [3.8, 4) is 11.1 Å². The zero-order valence-corrected chi connectivity index (χ0v) is 16.6. The number of nitrogens with one attached hydrogen (secondary N) is 2. The molecule has 0 bridgehead atoms. The van der Waals surface area contributed by atoms with Crippen LogP contribution in [0.3, 0.4) is 0 Å². The maximum absolute atomic E-state index is 12.8. The van der Waals surface area contributed by atoms with Gasteiger partial charge in [-0.1, -0.05) is 35.5 Å². The number of ether oxygens (including phenoxy) is 1. The third-order valence-corrected chi connectivity index (χ3v) is 5.21. The van der Waals surface area contributed by atoms with Gasteiger partial charge in [0.05, 0.1) is 5.69 Å². The minimum Gasteiger partial charge on any atom is -0.381 e. The largest absolute Gasteiger partial charge is 0.381 e. The molecule has 1 saturated heterocycles. The topological polar surface area (TPSA) is 89.3 Å². The second kappa shape index (κ2) is 8.05. The van der Waals surface area contributed by atoms with Gasteiger partial charge in [0.1, 0.15) is 11.4 Å². The van der Waals surface area contributed by atoms with Crippen molar-refractivity contribution in [2.24, 2.45) is 0 Å². The number of pyridine rings is 1. The zero-order chi connectivity index (χ0) is 20.3. The number of aromatic nitrogens is 2. The first-order chi connectivity index (χ1) is 14.1. The predicted octanol–water partition coefficient (Wildman–Crippen LogP) is 4.18. The van der Waals surface area contributed by atoms with Crippen molar-refractivity contribution in [2.75, 3.05) is 18.5 Å². The van der Waals surface area contributed by atoms with E-state index in [0.717, 1.165) is 22.5 Å². The van der Waals surface area contributed by atoms with Gasteiger partial charge in [-0.3, -0.25) is 5.32 Å². The van der Waals surface area contributed by atoms with Crippen molar-refractivity contribution in [1.29, 1.82) is 0 Å². The van der Waals surface area contributed by atoms with Crippen molar-refractivity contribution in [1.82, 2.24) is 15.5 Å². The van der Waals surface area contributed by atoms with E-state index in [-0.39, 0.29) is 6.03 Å². The van der Waals surface area contributed by atoms with Gasteiger partial charge in [0.2, 0.25) is 0 Å². The van der Waals surface area contributed by atoms with Gasteiger partial charge in [0, 0.05) is 43.4 Å². The van der Waals surface area contributed by atoms with E-state index in [1.807, 2.05) is 62.4 Å². The number of hydrogen-bond acceptors (Lipinski definition) is 5. The lowest BCUT2D eigenvalue weighted by Crippen LogP contribution is -2.50. The van der Waals surface area contributed by atoms with E-state index >= 15 is 0 Å². The number of benzene rings is 1. The standard InChI is InChI=1S/C22H24N4O3/c1-15-14-19(29-26-15)22(10-12-28-13-11-22)25-21(27)24-20-9-8-18(16(2)23-20)17-6-4-3-5-7-17/h3-9,14H,10-13H2,1-2H3,(H2,23,24,25,27). The lowest BCUT2D eigenvalue weighted by atomic mass is 9.87. The Morgan fingerprint density at radius 2 is 1.83 bits per heavy atom. The highest BCUT2D eigenvalue weighted by Crippen LogP contribution is 2.33. The quantitative estimate of drug-likeness (QED) is 0.695. The van der Waals surface area contributed by atoms with Crippen LogP contribution in [0.15, 0.2) is 53.1 Å². The Bertz CT molecular complexity index is 994. The van der Waals surface area contributed by atoms with Crippen molar-refractivity contribution in [3.63, 3.8) is 0 Å². The molecular weight excluding hydrogens is 368 g/mol. The summed E-state index contributed by atoms with van der Waals surface area (Å²) in [6, 6.07) is 15.4. The Morgan fingerprint density at radius 1 is 1.07 bits per heavy atom. The molecule has 3 heterocycles. The normalized spacial score (nSPS) is 15.7. The number of hydrogen-bond donors (Lipinski definition) is 2. The molecule has 3 aromatic rings. The molecule has 1 aliphatic rings. The molecule has 1 aliphatic heterocycles. The highest BCUT2D eigenvalue weighted by molar-refractivity contribution is 5.89. The van der Waals surface area contributed by atoms with E-state index in [0.29, 0.717) is 37.6 Å². The molecule has 7 heteroatoms. The van der Waals surface area contributed by atoms with Crippen molar-refractivity contribution in [3.05, 3.63) is 65.7 Å². The zero-order valence-electron chi connectivity index (χ0n) is 16.6. The molecule has 0 spiro atoms. The van der Waals surface area contributed by atoms with E-state index in [4.69, 9.17) is 9.26 Å². The molecule has 2 amide bonds. The minimum atomic E-state index is -0.636. The van der Waals surface area contributed by atoms with Gasteiger partial charge in [-0.05, 0) is 31.5 Å². The summed E-state index contributed by atoms with van der Waals surface area (Å²) in [4.78, 5) is 17.3. The number of anilines is 1. The molecule has 150 valence electrons. The number of urea groups is 1. The summed E-state index contributed by atoms with van der Waals surface area (Å²) in [6.07, 6.45) is 1.24. The number of nitrogens with zero attached hydrogens (tertiary/aromatic N) is 2. The Kier molecular flexibility index (Phi) is 5.31. The van der Waals surface area contributed by atoms with E-state index in [1.54, 1.807) is 0 Å². The molecule has 29 heavy (non-hydrogen) atoms. The van der Waals surface area contributed by atoms with Crippen LogP contribution in [0.2, 0.25) is 0 Å². The maximum atomic E-state index is 12.8. The Hall–Kier alpha value is -3.19. The van der Waals surface area contributed by atoms with E-state index in [9.17, 15) is 4.79 Å². The van der Waals surface area contributed by atoms with Gasteiger partial charge in [0.25, 0.3) is 0 Å². The van der Waals surface area contributed by atoms with Crippen molar-refractivity contribution >= 4 is 11.8 Å². The second-order valence-electron chi connectivity index (χ2n) is 7.30. The average molecular weight is 392 g/mol. The van der Waals surface area contributed by atoms with Gasteiger partial charge in [-0.2, -0.15) is 0 Å². The third-order valence-electron chi connectivity index (χ3n) is 5.21. The summed E-state index contributed by atoms with van der Waals surface area (Å²) in [5.41, 5.74) is 3.12. The van der Waals surface area contributed by atoms with Crippen LogP contribution in [0, 0.1) is 13.8 Å². The smallest absolute Gasteiger partial charge is 0.321 e. The van der Waals surface area contributed by atoms with Crippen LogP contribution in [0.5, 0.6) is 0 Å². The van der Waals surface area contributed by atoms with Gasteiger partial charge < -0.3 is 14.6 Å². The van der Waals surface area contributed by atoms with Crippen LogP contribution in [0.1, 0.15) is 30.0 Å². The van der Waals surface area contributed by atoms with Gasteiger partial charge in [-0.15, -0.1) is 0 Å². The first-order valence-electron chi connectivity index (χ1n) is 9.69. The number of carbonyl (C=O) groups excluding carboxylic acids is 1. The average Bonchev–Trinajstić information content (AvgIpc) is 3.16. The molecule has 1 aromatic carbocycles. The molecule has 1 fully saturated rings. The summed E-state index contributed by atoms with van der Waals surface area (Å²) in [5, 5.41) is 9.90. The van der Waals surface area contributed by atoms with Crippen LogP contribution < -0.4 is 10.6 Å². The number of aryl methyl sites for hydroxylation is 2. The summed E-state index contributed by atoms with van der Waals surface area (Å²) in [7, 11) is 0. The molecule has 2 N–H and O–H groups in total. The Balaban J connectivity index is 1.50. The highest BCUT2D eigenvalue weighted by atomic mass is 16.5. The molecule has 0 saturated carbocycles. The fourth-order valence-electron chi connectivity index (χ4n) is 3.66. The van der Waals surface area contributed by atoms with Crippen LogP contribution in [0.4, 0.5) is 10.6 Å². The molecule has 7 nitrogen and oxygen atoms in total. The van der Waals surface area contributed by atoms with E-state index < -0.39 is 5.54 Å². The molecule has 2 aromatic heterocycles. The molecule has 0 radical (unpaired) electrons. The number of rotatable bonds is 4. The fraction of sp³-hybridized carbons (Fsp3) is 0.318. The predicted molar refractivity (Wildman–Crippen MR) is 110 cm³/mol. The second-order valence-corrected chi connectivity index (χ2v) is 7.30. The van der Waals surface area contributed by atoms with Gasteiger partial charge in [0.15, 0.2) is 5.76 Å². The Labute approximate surface area is 169 Å². The lowest BCUT2D eigenvalue weighted by molar-refractivity contribution is 0.0307. The number of amides is 2.